The molecule has 3 aromatic rings. The molecule has 0 atom stereocenters. The Kier molecular flexibility index (Phi) is 7.29. The Bertz CT molecular complexity index is 1190. The molecule has 1 amide bonds. The summed E-state index contributed by atoms with van der Waals surface area (Å²) in [6, 6.07) is 15.6. The van der Waals surface area contributed by atoms with Crippen LogP contribution in [0.15, 0.2) is 67.5 Å². The molecular weight excluding hydrogens is 577 g/mol. The van der Waals surface area contributed by atoms with Crippen LogP contribution in [-0.4, -0.2) is 30.2 Å². The molecule has 1 N–H and O–H groups in total. The van der Waals surface area contributed by atoms with Crippen molar-refractivity contribution in [3.05, 3.63) is 66.1 Å². The second kappa shape index (κ2) is 9.56. The number of carbonyl (C=O) groups excluding carboxylic acids is 1. The zero-order valence-electron chi connectivity index (χ0n) is 17.0. The number of anilines is 2. The van der Waals surface area contributed by atoms with Crippen LogP contribution >= 0.6 is 31.9 Å². The van der Waals surface area contributed by atoms with Crippen molar-refractivity contribution in [2.45, 2.75) is 20.8 Å². The van der Waals surface area contributed by atoms with E-state index in [0.717, 1.165) is 24.6 Å². The second-order valence-corrected chi connectivity index (χ2v) is 11.4. The van der Waals surface area contributed by atoms with Crippen molar-refractivity contribution in [3.63, 3.8) is 0 Å². The van der Waals surface area contributed by atoms with Gasteiger partial charge in [-0.1, -0.05) is 0 Å². The van der Waals surface area contributed by atoms with Crippen LogP contribution in [0.4, 0.5) is 17.2 Å². The number of aromatic nitrogens is 2. The first-order valence-electron chi connectivity index (χ1n) is 9.12. The van der Waals surface area contributed by atoms with Gasteiger partial charge in [0.05, 0.1) is 0 Å². The fourth-order valence-corrected chi connectivity index (χ4v) is 4.48. The van der Waals surface area contributed by atoms with Crippen LogP contribution in [0.1, 0.15) is 20.8 Å². The maximum absolute atomic E-state index is 12.5. The van der Waals surface area contributed by atoms with Crippen molar-refractivity contribution in [1.29, 1.82) is 0 Å². The van der Waals surface area contributed by atoms with Gasteiger partial charge in [-0.25, -0.2) is 0 Å². The molecule has 30 heavy (non-hydrogen) atoms. The zero-order chi connectivity index (χ0) is 21.9. The molecule has 0 fully saturated rings. The summed E-state index contributed by atoms with van der Waals surface area (Å²) >= 11 is 6.59. The van der Waals surface area contributed by atoms with E-state index < -0.39 is 5.41 Å². The van der Waals surface area contributed by atoms with Gasteiger partial charge < -0.3 is 0 Å². The summed E-state index contributed by atoms with van der Waals surface area (Å²) in [5, 5.41) is 7.98. The van der Waals surface area contributed by atoms with E-state index in [-0.39, 0.29) is 20.4 Å². The summed E-state index contributed by atoms with van der Waals surface area (Å²) in [6.45, 7) is 5.57. The molecule has 0 unspecified atom stereocenters. The number of hydrogen-bond donors (Lipinski definition) is 1. The van der Waals surface area contributed by atoms with Crippen LogP contribution in [-0.2, 0) is 11.8 Å². The second-order valence-electron chi connectivity index (χ2n) is 7.55. The molecular formula is C21H21Br2N5OSe. The van der Waals surface area contributed by atoms with Crippen molar-refractivity contribution >= 4 is 69.5 Å². The van der Waals surface area contributed by atoms with Gasteiger partial charge in [0.1, 0.15) is 0 Å². The summed E-state index contributed by atoms with van der Waals surface area (Å²) < 4.78 is 5.04. The van der Waals surface area contributed by atoms with Gasteiger partial charge in [0.2, 0.25) is 0 Å². The average molecular weight is 598 g/mol. The van der Waals surface area contributed by atoms with Crippen molar-refractivity contribution in [2.75, 3.05) is 5.32 Å². The number of benzene rings is 2. The predicted molar refractivity (Wildman–Crippen MR) is 127 cm³/mol. The van der Waals surface area contributed by atoms with E-state index in [1.165, 1.54) is 0 Å². The summed E-state index contributed by atoms with van der Waals surface area (Å²) in [6.07, 6.45) is 0. The molecule has 156 valence electrons. The molecule has 0 spiro atoms. The van der Waals surface area contributed by atoms with Gasteiger partial charge >= 0.3 is 199 Å². The summed E-state index contributed by atoms with van der Waals surface area (Å²) in [4.78, 5) is 21.6. The van der Waals surface area contributed by atoms with Crippen molar-refractivity contribution in [1.82, 2.24) is 9.78 Å². The fourth-order valence-electron chi connectivity index (χ4n) is 2.24. The van der Waals surface area contributed by atoms with Crippen LogP contribution in [0.5, 0.6) is 0 Å². The van der Waals surface area contributed by atoms with Crippen LogP contribution in [0, 0.1) is 5.41 Å². The quantitative estimate of drug-likeness (QED) is 0.454. The molecule has 0 aliphatic rings. The van der Waals surface area contributed by atoms with E-state index in [9.17, 15) is 4.79 Å². The molecule has 3 rings (SSSR count). The molecule has 2 aromatic carbocycles. The zero-order valence-corrected chi connectivity index (χ0v) is 21.9. The topological polar surface area (TPSA) is 71.6 Å². The Hall–Kier alpha value is -1.80. The van der Waals surface area contributed by atoms with Gasteiger partial charge in [-0.15, -0.1) is 0 Å². The Balaban J connectivity index is 2.16. The number of halogens is 2. The third-order valence-corrected chi connectivity index (χ3v) is 7.11. The summed E-state index contributed by atoms with van der Waals surface area (Å²) in [5.41, 5.74) is 1.16. The first-order valence-corrected chi connectivity index (χ1v) is 12.4. The number of aryl methyl sites for hydroxylation is 1. The predicted octanol–water partition coefficient (Wildman–Crippen LogP) is 4.45. The van der Waals surface area contributed by atoms with Crippen molar-refractivity contribution < 1.29 is 4.79 Å². The first-order chi connectivity index (χ1) is 14.1. The SMILES string of the molecule is Cn1nc(Nc2ccc(Br)cc2)c(=Nc2ccc(Br)cc2)[se]c1=NC(=O)C(C)(C)C. The third kappa shape index (κ3) is 6.11. The van der Waals surface area contributed by atoms with E-state index >= 15 is 0 Å². The number of nitrogens with one attached hydrogen (secondary N) is 1. The molecule has 1 heterocycles. The Morgan fingerprint density at radius 3 is 2.17 bits per heavy atom. The van der Waals surface area contributed by atoms with Gasteiger partial charge in [0, 0.05) is 0 Å². The maximum atomic E-state index is 12.5. The summed E-state index contributed by atoms with van der Waals surface area (Å²) in [5.74, 6) is 0.471. The minimum atomic E-state index is -0.549. The van der Waals surface area contributed by atoms with Gasteiger partial charge in [-0.2, -0.15) is 0 Å². The molecule has 0 saturated heterocycles. The van der Waals surface area contributed by atoms with E-state index in [0.29, 0.717) is 10.2 Å². The number of amides is 1. The molecule has 1 aromatic heterocycles. The summed E-state index contributed by atoms with van der Waals surface area (Å²) in [7, 11) is 1.80. The number of carbonyl (C=O) groups is 1. The van der Waals surface area contributed by atoms with Crippen LogP contribution in [0.3, 0.4) is 0 Å². The Morgan fingerprint density at radius 1 is 1.03 bits per heavy atom. The Morgan fingerprint density at radius 2 is 1.60 bits per heavy atom. The number of nitrogens with zero attached hydrogens (tertiary/aromatic N) is 4. The van der Waals surface area contributed by atoms with Crippen molar-refractivity contribution in [2.24, 2.45) is 22.4 Å². The normalized spacial score (nSPS) is 12.9. The molecule has 0 bridgehead atoms. The molecule has 0 radical (unpaired) electrons. The van der Waals surface area contributed by atoms with Gasteiger partial charge in [0.15, 0.2) is 0 Å². The van der Waals surface area contributed by atoms with Crippen LogP contribution < -0.4 is 13.9 Å². The standard InChI is InChI=1S/C21H21Br2N5OSe/c1-21(2,3)19(29)26-20-28(4)27-17(24-15-9-5-13(22)6-10-15)18(30-20)25-16-11-7-14(23)8-12-16/h5-12H,1-4H3,(H,24,27). The first kappa shape index (κ1) is 22.9. The number of hydrogen-bond acceptors (Lipinski definition) is 4. The molecule has 0 aliphatic carbocycles. The molecule has 0 aliphatic heterocycles. The van der Waals surface area contributed by atoms with E-state index in [2.05, 4.69) is 47.3 Å². The fraction of sp³-hybridized carbons (Fsp3) is 0.238. The minimum absolute atomic E-state index is 0.172. The third-order valence-electron chi connectivity index (χ3n) is 3.92. The van der Waals surface area contributed by atoms with Gasteiger partial charge in [-0.3, -0.25) is 0 Å². The monoisotopic (exact) mass is 597 g/mol. The van der Waals surface area contributed by atoms with Gasteiger partial charge in [-0.05, 0) is 0 Å². The van der Waals surface area contributed by atoms with E-state index in [1.807, 2.05) is 69.3 Å². The van der Waals surface area contributed by atoms with E-state index in [1.54, 1.807) is 11.7 Å². The van der Waals surface area contributed by atoms with Gasteiger partial charge in [0.25, 0.3) is 0 Å². The van der Waals surface area contributed by atoms with E-state index in [4.69, 9.17) is 4.99 Å². The van der Waals surface area contributed by atoms with Crippen LogP contribution in [0.2, 0.25) is 0 Å². The molecule has 9 heteroatoms. The Labute approximate surface area is 197 Å². The molecule has 0 saturated carbocycles. The van der Waals surface area contributed by atoms with Crippen molar-refractivity contribution in [3.8, 4) is 0 Å². The van der Waals surface area contributed by atoms with Crippen LogP contribution in [0.25, 0.3) is 0 Å². The average Bonchev–Trinajstić information content (AvgIpc) is 2.68. The number of rotatable bonds is 3. The molecule has 6 nitrogen and oxygen atoms in total.